The molecule has 4 rings (SSSR count). The number of rotatable bonds is 6. The van der Waals surface area contributed by atoms with Crippen LogP contribution in [0.1, 0.15) is 38.6 Å². The summed E-state index contributed by atoms with van der Waals surface area (Å²) < 4.78 is 6.76. The predicted molar refractivity (Wildman–Crippen MR) is 117 cm³/mol. The topological polar surface area (TPSA) is 64.2 Å². The van der Waals surface area contributed by atoms with Crippen molar-refractivity contribution >= 4 is 16.9 Å². The molecular weight excluding hydrogens is 378 g/mol. The number of methoxy groups -OCH3 is 1. The van der Waals surface area contributed by atoms with Crippen LogP contribution >= 0.6 is 0 Å². The van der Waals surface area contributed by atoms with E-state index in [9.17, 15) is 9.59 Å². The van der Waals surface area contributed by atoms with Crippen LogP contribution in [0, 0.1) is 5.92 Å². The minimum atomic E-state index is -0.645. The zero-order chi connectivity index (χ0) is 21.5. The quantitative estimate of drug-likeness (QED) is 0.465. The summed E-state index contributed by atoms with van der Waals surface area (Å²) in [5.74, 6) is 0.610. The number of aromatic nitrogens is 2. The highest BCUT2D eigenvalue weighted by atomic mass is 16.5. The minimum Gasteiger partial charge on any atom is -0.467 e. The summed E-state index contributed by atoms with van der Waals surface area (Å²) in [5.41, 5.74) is 0.858. The fraction of sp³-hybridized carbons (Fsp3) is 0.375. The first-order valence-electron chi connectivity index (χ1n) is 10.4. The van der Waals surface area contributed by atoms with E-state index >= 15 is 0 Å². The maximum absolute atomic E-state index is 13.6. The average molecular weight is 405 g/mol. The van der Waals surface area contributed by atoms with Gasteiger partial charge in [0.25, 0.3) is 5.56 Å². The molecule has 0 saturated carbocycles. The Morgan fingerprint density at radius 2 is 1.80 bits per heavy atom. The molecule has 1 fully saturated rings. The number of nitrogens with zero attached hydrogens (tertiary/aromatic N) is 3. The maximum Gasteiger partial charge on any atom is 0.333 e. The standard InChI is InChI=1S/C24H27N3O3/c1-5-24(17-11-7-6-8-12-17)21(23(29)30-4)27(24)26-20(15-16(2)3)25-19-14-10-9-13-18(19)22(26)28/h6-14,16,21H,5,15H2,1-4H3/t21-,24-,27?/m0/s1. The molecule has 30 heavy (non-hydrogen) atoms. The highest BCUT2D eigenvalue weighted by Crippen LogP contribution is 2.51. The Hall–Kier alpha value is -3.15. The summed E-state index contributed by atoms with van der Waals surface area (Å²) in [6, 6.07) is 16.6. The second-order valence-corrected chi connectivity index (χ2v) is 8.17. The number of esters is 1. The van der Waals surface area contributed by atoms with Crippen molar-refractivity contribution < 1.29 is 9.53 Å². The first kappa shape index (κ1) is 20.1. The van der Waals surface area contributed by atoms with E-state index in [1.807, 2.05) is 60.5 Å². The molecule has 0 radical (unpaired) electrons. The van der Waals surface area contributed by atoms with Gasteiger partial charge < -0.3 is 4.74 Å². The van der Waals surface area contributed by atoms with E-state index in [-0.39, 0.29) is 11.5 Å². The normalized spacial score (nSPS) is 20.6. The zero-order valence-corrected chi connectivity index (χ0v) is 17.8. The van der Waals surface area contributed by atoms with Crippen molar-refractivity contribution in [2.24, 2.45) is 5.92 Å². The molecule has 0 bridgehead atoms. The highest BCUT2D eigenvalue weighted by molar-refractivity contribution is 5.87. The van der Waals surface area contributed by atoms with Gasteiger partial charge in [-0.1, -0.05) is 63.2 Å². The van der Waals surface area contributed by atoms with Crippen LogP contribution in [0.15, 0.2) is 59.4 Å². The van der Waals surface area contributed by atoms with Crippen LogP contribution in [0.4, 0.5) is 0 Å². The van der Waals surface area contributed by atoms with Crippen LogP contribution in [0.2, 0.25) is 0 Å². The molecule has 156 valence electrons. The SMILES string of the molecule is CC[C@]1(c2ccccc2)[C@H](C(=O)OC)N1n1c(CC(C)C)nc2ccccc2c1=O. The Labute approximate surface area is 176 Å². The molecule has 1 aliphatic rings. The summed E-state index contributed by atoms with van der Waals surface area (Å²) >= 11 is 0. The maximum atomic E-state index is 13.6. The Morgan fingerprint density at radius 1 is 1.13 bits per heavy atom. The number of benzene rings is 2. The molecule has 2 aromatic carbocycles. The van der Waals surface area contributed by atoms with Gasteiger partial charge in [-0.25, -0.2) is 14.5 Å². The summed E-state index contributed by atoms with van der Waals surface area (Å²) in [6.45, 7) is 6.22. The third-order valence-electron chi connectivity index (χ3n) is 5.90. The molecule has 0 amide bonds. The van der Waals surface area contributed by atoms with Crippen LogP contribution in [0.25, 0.3) is 10.9 Å². The van der Waals surface area contributed by atoms with Crippen LogP contribution in [0.3, 0.4) is 0 Å². The second kappa shape index (κ2) is 7.59. The van der Waals surface area contributed by atoms with Crippen molar-refractivity contribution in [1.29, 1.82) is 0 Å². The molecule has 2 atom stereocenters. The summed E-state index contributed by atoms with van der Waals surface area (Å²) in [4.78, 5) is 31.3. The number of fused-ring (bicyclic) bond motifs is 1. The molecular formula is C24H27N3O3. The van der Waals surface area contributed by atoms with Crippen molar-refractivity contribution in [1.82, 2.24) is 9.66 Å². The molecule has 1 aromatic heterocycles. The van der Waals surface area contributed by atoms with Gasteiger partial charge in [0.15, 0.2) is 6.04 Å². The van der Waals surface area contributed by atoms with Gasteiger partial charge in [0.05, 0.1) is 18.0 Å². The van der Waals surface area contributed by atoms with Crippen molar-refractivity contribution in [3.63, 3.8) is 0 Å². The fourth-order valence-electron chi connectivity index (χ4n) is 4.48. The Kier molecular flexibility index (Phi) is 5.10. The molecule has 2 heterocycles. The van der Waals surface area contributed by atoms with Gasteiger partial charge in [-0.2, -0.15) is 0 Å². The molecule has 0 unspecified atom stereocenters. The minimum absolute atomic E-state index is 0.156. The lowest BCUT2D eigenvalue weighted by atomic mass is 9.92. The Balaban J connectivity index is 1.98. The second-order valence-electron chi connectivity index (χ2n) is 8.17. The summed E-state index contributed by atoms with van der Waals surface area (Å²) in [7, 11) is 1.39. The van der Waals surface area contributed by atoms with E-state index in [4.69, 9.17) is 9.72 Å². The third-order valence-corrected chi connectivity index (χ3v) is 5.90. The lowest BCUT2D eigenvalue weighted by molar-refractivity contribution is -0.140. The molecule has 6 heteroatoms. The Bertz CT molecular complexity index is 1140. The van der Waals surface area contributed by atoms with Crippen molar-refractivity contribution in [2.45, 2.75) is 45.2 Å². The van der Waals surface area contributed by atoms with Gasteiger partial charge in [-0.3, -0.25) is 9.80 Å². The summed E-state index contributed by atoms with van der Waals surface area (Å²) in [6.07, 6.45) is 1.27. The van der Waals surface area contributed by atoms with E-state index in [0.29, 0.717) is 35.5 Å². The van der Waals surface area contributed by atoms with Gasteiger partial charge in [-0.05, 0) is 30.0 Å². The first-order valence-corrected chi connectivity index (χ1v) is 10.4. The van der Waals surface area contributed by atoms with Gasteiger partial charge in [0.1, 0.15) is 11.4 Å². The number of hydrogen-bond donors (Lipinski definition) is 0. The van der Waals surface area contributed by atoms with E-state index in [0.717, 1.165) is 5.56 Å². The fourth-order valence-corrected chi connectivity index (χ4v) is 4.48. The Morgan fingerprint density at radius 3 is 2.43 bits per heavy atom. The van der Waals surface area contributed by atoms with Gasteiger partial charge in [0, 0.05) is 6.42 Å². The van der Waals surface area contributed by atoms with Gasteiger partial charge >= 0.3 is 5.97 Å². The van der Waals surface area contributed by atoms with Crippen molar-refractivity contribution in [3.8, 4) is 0 Å². The largest absolute Gasteiger partial charge is 0.467 e. The van der Waals surface area contributed by atoms with E-state index < -0.39 is 11.6 Å². The smallest absolute Gasteiger partial charge is 0.333 e. The van der Waals surface area contributed by atoms with Crippen molar-refractivity contribution in [2.75, 3.05) is 12.1 Å². The van der Waals surface area contributed by atoms with E-state index in [2.05, 4.69) is 13.8 Å². The molecule has 0 aliphatic carbocycles. The predicted octanol–water partition coefficient (Wildman–Crippen LogP) is 3.39. The van der Waals surface area contributed by atoms with Gasteiger partial charge in [0.2, 0.25) is 0 Å². The van der Waals surface area contributed by atoms with Crippen LogP contribution in [-0.4, -0.2) is 28.8 Å². The summed E-state index contributed by atoms with van der Waals surface area (Å²) in [5, 5.41) is 2.41. The number of carbonyl (C=O) groups is 1. The molecule has 3 aromatic rings. The third kappa shape index (κ3) is 2.98. The van der Waals surface area contributed by atoms with E-state index in [1.165, 1.54) is 7.11 Å². The van der Waals surface area contributed by atoms with Crippen LogP contribution in [0.5, 0.6) is 0 Å². The monoisotopic (exact) mass is 405 g/mol. The van der Waals surface area contributed by atoms with E-state index in [1.54, 1.807) is 10.7 Å². The number of para-hydroxylation sites is 1. The molecule has 0 N–H and O–H groups in total. The van der Waals surface area contributed by atoms with Crippen molar-refractivity contribution in [3.05, 3.63) is 76.3 Å². The number of carbonyl (C=O) groups excluding carboxylic acids is 1. The highest BCUT2D eigenvalue weighted by Gasteiger charge is 2.68. The average Bonchev–Trinajstić information content (AvgIpc) is 3.43. The number of hydrogen-bond acceptors (Lipinski definition) is 5. The lowest BCUT2D eigenvalue weighted by Gasteiger charge is -2.21. The van der Waals surface area contributed by atoms with Crippen LogP contribution < -0.4 is 10.6 Å². The molecule has 6 nitrogen and oxygen atoms in total. The molecule has 0 spiro atoms. The zero-order valence-electron chi connectivity index (χ0n) is 17.8. The first-order chi connectivity index (χ1) is 14.5. The van der Waals surface area contributed by atoms with Crippen LogP contribution in [-0.2, 0) is 21.5 Å². The molecule has 1 aliphatic heterocycles. The molecule has 1 saturated heterocycles. The lowest BCUT2D eigenvalue weighted by Crippen LogP contribution is -2.38. The number of ether oxygens (including phenoxy) is 1. The van der Waals surface area contributed by atoms with Gasteiger partial charge in [-0.15, -0.1) is 0 Å².